The molecule has 4 nitrogen and oxygen atoms in total. The minimum atomic E-state index is -0.0614. The average Bonchev–Trinajstić information content (AvgIpc) is 2.36. The highest BCUT2D eigenvalue weighted by molar-refractivity contribution is 5.09. The maximum absolute atomic E-state index is 5.74. The molecule has 0 spiro atoms. The van der Waals surface area contributed by atoms with Gasteiger partial charge in [-0.15, -0.1) is 0 Å². The van der Waals surface area contributed by atoms with Gasteiger partial charge in [0.15, 0.2) is 0 Å². The Morgan fingerprint density at radius 1 is 1.82 bits per heavy atom. The summed E-state index contributed by atoms with van der Waals surface area (Å²) in [6.45, 7) is 0.533. The number of nitrogens with two attached hydrogens (primary N) is 1. The van der Waals surface area contributed by atoms with Crippen molar-refractivity contribution in [3.05, 3.63) is 18.0 Å². The number of rotatable bonds is 3. The highest BCUT2D eigenvalue weighted by Gasteiger charge is 2.06. The molecule has 0 bridgehead atoms. The van der Waals surface area contributed by atoms with Crippen LogP contribution in [0.2, 0.25) is 0 Å². The number of methoxy groups -OCH3 is 1. The van der Waals surface area contributed by atoms with E-state index in [2.05, 4.69) is 5.10 Å². The largest absolute Gasteiger partial charge is 0.383 e. The molecule has 0 aliphatic heterocycles. The van der Waals surface area contributed by atoms with Crippen molar-refractivity contribution in [2.45, 2.75) is 6.04 Å². The third kappa shape index (κ3) is 2.03. The monoisotopic (exact) mass is 155 g/mol. The standard InChI is InChI=1S/C7H13N3O/c1-10-4-6(3-9-10)7(8)5-11-2/h3-4,7H,5,8H2,1-2H3. The van der Waals surface area contributed by atoms with E-state index in [1.807, 2.05) is 13.2 Å². The first-order valence-electron chi connectivity index (χ1n) is 3.47. The summed E-state index contributed by atoms with van der Waals surface area (Å²) in [5.41, 5.74) is 6.75. The lowest BCUT2D eigenvalue weighted by Gasteiger charge is -2.05. The molecule has 0 radical (unpaired) electrons. The Labute approximate surface area is 66.0 Å². The fourth-order valence-corrected chi connectivity index (χ4v) is 0.907. The van der Waals surface area contributed by atoms with Crippen molar-refractivity contribution < 1.29 is 4.74 Å². The summed E-state index contributed by atoms with van der Waals surface area (Å²) in [7, 11) is 3.50. The minimum absolute atomic E-state index is 0.0614. The second-order valence-electron chi connectivity index (χ2n) is 2.51. The number of nitrogens with zero attached hydrogens (tertiary/aromatic N) is 2. The molecule has 2 N–H and O–H groups in total. The number of ether oxygens (including phenoxy) is 1. The summed E-state index contributed by atoms with van der Waals surface area (Å²) in [6.07, 6.45) is 3.65. The van der Waals surface area contributed by atoms with E-state index in [0.29, 0.717) is 6.61 Å². The highest BCUT2D eigenvalue weighted by atomic mass is 16.5. The van der Waals surface area contributed by atoms with Crippen molar-refractivity contribution in [1.82, 2.24) is 9.78 Å². The van der Waals surface area contributed by atoms with Crippen LogP contribution in [-0.2, 0) is 11.8 Å². The molecular weight excluding hydrogens is 142 g/mol. The molecule has 1 aromatic rings. The van der Waals surface area contributed by atoms with E-state index in [-0.39, 0.29) is 6.04 Å². The Hall–Kier alpha value is -0.870. The van der Waals surface area contributed by atoms with Crippen molar-refractivity contribution in [3.63, 3.8) is 0 Å². The van der Waals surface area contributed by atoms with Gasteiger partial charge in [-0.25, -0.2) is 0 Å². The predicted molar refractivity (Wildman–Crippen MR) is 42.0 cm³/mol. The van der Waals surface area contributed by atoms with E-state index < -0.39 is 0 Å². The molecule has 0 saturated carbocycles. The molecule has 1 aromatic heterocycles. The molecule has 1 heterocycles. The van der Waals surface area contributed by atoms with E-state index in [1.54, 1.807) is 18.0 Å². The van der Waals surface area contributed by atoms with Crippen LogP contribution in [0.4, 0.5) is 0 Å². The molecular formula is C7H13N3O. The molecule has 0 aromatic carbocycles. The van der Waals surface area contributed by atoms with Crippen LogP contribution in [0.3, 0.4) is 0 Å². The third-order valence-corrected chi connectivity index (χ3v) is 1.50. The van der Waals surface area contributed by atoms with Gasteiger partial charge in [0.2, 0.25) is 0 Å². The number of hydrogen-bond acceptors (Lipinski definition) is 3. The van der Waals surface area contributed by atoms with Crippen LogP contribution >= 0.6 is 0 Å². The van der Waals surface area contributed by atoms with Crippen LogP contribution in [0.25, 0.3) is 0 Å². The second kappa shape index (κ2) is 3.50. The quantitative estimate of drug-likeness (QED) is 0.671. The first-order chi connectivity index (χ1) is 5.24. The number of aryl methyl sites for hydroxylation is 1. The molecule has 11 heavy (non-hydrogen) atoms. The van der Waals surface area contributed by atoms with Crippen molar-refractivity contribution in [3.8, 4) is 0 Å². The van der Waals surface area contributed by atoms with Gasteiger partial charge in [0, 0.05) is 25.9 Å². The Morgan fingerprint density at radius 2 is 2.55 bits per heavy atom. The molecule has 0 fully saturated rings. The summed E-state index contributed by atoms with van der Waals surface area (Å²) < 4.78 is 6.63. The summed E-state index contributed by atoms with van der Waals surface area (Å²) in [4.78, 5) is 0. The first kappa shape index (κ1) is 8.23. The molecule has 0 saturated heterocycles. The van der Waals surface area contributed by atoms with E-state index >= 15 is 0 Å². The van der Waals surface area contributed by atoms with Crippen LogP contribution < -0.4 is 5.73 Å². The van der Waals surface area contributed by atoms with E-state index in [0.717, 1.165) is 5.56 Å². The zero-order valence-corrected chi connectivity index (χ0v) is 6.82. The molecule has 0 amide bonds. The molecule has 1 rings (SSSR count). The summed E-state index contributed by atoms with van der Waals surface area (Å²) in [6, 6.07) is -0.0614. The predicted octanol–water partition coefficient (Wildman–Crippen LogP) is 0.0663. The van der Waals surface area contributed by atoms with Crippen molar-refractivity contribution in [2.75, 3.05) is 13.7 Å². The van der Waals surface area contributed by atoms with Crippen molar-refractivity contribution in [1.29, 1.82) is 0 Å². The van der Waals surface area contributed by atoms with Crippen LogP contribution in [0.5, 0.6) is 0 Å². The maximum atomic E-state index is 5.74. The van der Waals surface area contributed by atoms with Gasteiger partial charge >= 0.3 is 0 Å². The lowest BCUT2D eigenvalue weighted by molar-refractivity contribution is 0.181. The molecule has 0 aliphatic rings. The lowest BCUT2D eigenvalue weighted by atomic mass is 10.2. The van der Waals surface area contributed by atoms with Crippen LogP contribution in [0.15, 0.2) is 12.4 Å². The lowest BCUT2D eigenvalue weighted by Crippen LogP contribution is -2.15. The Balaban J connectivity index is 2.60. The van der Waals surface area contributed by atoms with Crippen LogP contribution in [0.1, 0.15) is 11.6 Å². The minimum Gasteiger partial charge on any atom is -0.383 e. The van der Waals surface area contributed by atoms with Gasteiger partial charge in [-0.3, -0.25) is 4.68 Å². The van der Waals surface area contributed by atoms with Gasteiger partial charge in [0.05, 0.1) is 18.8 Å². The van der Waals surface area contributed by atoms with E-state index in [9.17, 15) is 0 Å². The Bertz CT molecular complexity index is 221. The second-order valence-corrected chi connectivity index (χ2v) is 2.51. The van der Waals surface area contributed by atoms with Gasteiger partial charge in [0.25, 0.3) is 0 Å². The van der Waals surface area contributed by atoms with Gasteiger partial charge in [-0.2, -0.15) is 5.10 Å². The highest BCUT2D eigenvalue weighted by Crippen LogP contribution is 2.07. The van der Waals surface area contributed by atoms with Gasteiger partial charge in [-0.1, -0.05) is 0 Å². The Morgan fingerprint density at radius 3 is 3.00 bits per heavy atom. The van der Waals surface area contributed by atoms with Gasteiger partial charge in [-0.05, 0) is 0 Å². The smallest absolute Gasteiger partial charge is 0.0656 e. The molecule has 1 unspecified atom stereocenters. The molecule has 1 atom stereocenters. The third-order valence-electron chi connectivity index (χ3n) is 1.50. The summed E-state index contributed by atoms with van der Waals surface area (Å²) in [5.74, 6) is 0. The molecule has 4 heteroatoms. The SMILES string of the molecule is COCC(N)c1cnn(C)c1. The zero-order valence-electron chi connectivity index (χ0n) is 6.82. The fourth-order valence-electron chi connectivity index (χ4n) is 0.907. The topological polar surface area (TPSA) is 53.1 Å². The molecule has 62 valence electrons. The Kier molecular flexibility index (Phi) is 2.62. The van der Waals surface area contributed by atoms with Crippen molar-refractivity contribution >= 4 is 0 Å². The fraction of sp³-hybridized carbons (Fsp3) is 0.571. The van der Waals surface area contributed by atoms with Crippen molar-refractivity contribution in [2.24, 2.45) is 12.8 Å². The average molecular weight is 155 g/mol. The number of aromatic nitrogens is 2. The van der Waals surface area contributed by atoms with Gasteiger partial charge < -0.3 is 10.5 Å². The summed E-state index contributed by atoms with van der Waals surface area (Å²) >= 11 is 0. The van der Waals surface area contributed by atoms with E-state index in [1.165, 1.54) is 0 Å². The van der Waals surface area contributed by atoms with Gasteiger partial charge in [0.1, 0.15) is 0 Å². The van der Waals surface area contributed by atoms with E-state index in [4.69, 9.17) is 10.5 Å². The maximum Gasteiger partial charge on any atom is 0.0656 e. The van der Waals surface area contributed by atoms with Crippen LogP contribution in [0, 0.1) is 0 Å². The normalized spacial score (nSPS) is 13.4. The van der Waals surface area contributed by atoms with Crippen LogP contribution in [-0.4, -0.2) is 23.5 Å². The number of hydrogen-bond donors (Lipinski definition) is 1. The summed E-state index contributed by atoms with van der Waals surface area (Å²) in [5, 5.41) is 4.00. The zero-order chi connectivity index (χ0) is 8.27. The molecule has 0 aliphatic carbocycles. The first-order valence-corrected chi connectivity index (χ1v) is 3.47.